The molecule has 4 aliphatic carbocycles. The van der Waals surface area contributed by atoms with Gasteiger partial charge in [0.05, 0.1) is 5.71 Å². The summed E-state index contributed by atoms with van der Waals surface area (Å²) < 4.78 is 13.3. The predicted octanol–water partition coefficient (Wildman–Crippen LogP) is 7.72. The van der Waals surface area contributed by atoms with Crippen LogP contribution >= 0.6 is 0 Å². The van der Waals surface area contributed by atoms with E-state index >= 15 is 0 Å². The Balaban J connectivity index is 1.60. The van der Waals surface area contributed by atoms with E-state index < -0.39 is 16.6 Å². The molecule has 4 nitrogen and oxygen atoms in total. The maximum absolute atomic E-state index is 6.68. The summed E-state index contributed by atoms with van der Waals surface area (Å²) >= 11 is 0. The van der Waals surface area contributed by atoms with E-state index in [1.54, 1.807) is 7.11 Å². The van der Waals surface area contributed by atoms with E-state index in [0.29, 0.717) is 29.5 Å². The molecule has 196 valence electrons. The Morgan fingerprint density at radius 1 is 0.912 bits per heavy atom. The summed E-state index contributed by atoms with van der Waals surface area (Å²) in [6.07, 6.45) is 11.0. The summed E-state index contributed by atoms with van der Waals surface area (Å²) in [4.78, 5) is 5.56. The van der Waals surface area contributed by atoms with Crippen LogP contribution in [0.25, 0.3) is 0 Å². The molecule has 0 N–H and O–H groups in total. The second-order valence-electron chi connectivity index (χ2n) is 14.7. The molecule has 0 aliphatic heterocycles. The van der Waals surface area contributed by atoms with Crippen LogP contribution in [-0.4, -0.2) is 41.7 Å². The van der Waals surface area contributed by atoms with E-state index in [1.165, 1.54) is 50.7 Å². The van der Waals surface area contributed by atoms with Crippen molar-refractivity contribution in [3.8, 4) is 0 Å². The average Bonchev–Trinajstić information content (AvgIpc) is 3.02. The predicted molar refractivity (Wildman–Crippen MR) is 147 cm³/mol. The van der Waals surface area contributed by atoms with Crippen molar-refractivity contribution in [3.63, 3.8) is 0 Å². The molecule has 0 amide bonds. The molecule has 4 saturated carbocycles. The molecule has 0 bridgehead atoms. The Bertz CT molecular complexity index is 775. The Kier molecular flexibility index (Phi) is 7.34. The van der Waals surface area contributed by atoms with Gasteiger partial charge in [-0.25, -0.2) is 0 Å². The van der Waals surface area contributed by atoms with Crippen LogP contribution < -0.4 is 0 Å². The van der Waals surface area contributed by atoms with Crippen molar-refractivity contribution in [2.75, 3.05) is 7.11 Å². The number of oxime groups is 1. The average molecular weight is 508 g/mol. The van der Waals surface area contributed by atoms with Gasteiger partial charge in [-0.3, -0.25) is 0 Å². The van der Waals surface area contributed by atoms with E-state index in [0.717, 1.165) is 24.2 Å². The normalized spacial score (nSPS) is 44.8. The summed E-state index contributed by atoms with van der Waals surface area (Å²) in [5.41, 5.74) is 1.98. The monoisotopic (exact) mass is 507 g/mol. The molecule has 34 heavy (non-hydrogen) atoms. The van der Waals surface area contributed by atoms with Gasteiger partial charge >= 0.3 is 0 Å². The van der Waals surface area contributed by atoms with E-state index in [-0.39, 0.29) is 5.41 Å². The quantitative estimate of drug-likeness (QED) is 0.273. The van der Waals surface area contributed by atoms with Crippen molar-refractivity contribution in [3.05, 3.63) is 0 Å². The minimum atomic E-state index is -1.57. The highest BCUT2D eigenvalue weighted by molar-refractivity contribution is 6.70. The lowest BCUT2D eigenvalue weighted by molar-refractivity contribution is -0.0867. The van der Waals surface area contributed by atoms with E-state index in [1.807, 2.05) is 0 Å². The lowest BCUT2D eigenvalue weighted by Crippen LogP contribution is -2.58. The summed E-state index contributed by atoms with van der Waals surface area (Å²) in [5, 5.41) is 4.82. The molecule has 3 unspecified atom stereocenters. The summed E-state index contributed by atoms with van der Waals surface area (Å²) in [7, 11) is -1.32. The van der Waals surface area contributed by atoms with Crippen LogP contribution in [0, 0.1) is 40.4 Å². The molecule has 0 aromatic carbocycles. The maximum Gasteiger partial charge on any atom is 0.184 e. The molecule has 0 aromatic rings. The van der Waals surface area contributed by atoms with E-state index in [9.17, 15) is 0 Å². The largest absolute Gasteiger partial charge is 0.415 e. The third kappa shape index (κ3) is 4.99. The van der Waals surface area contributed by atoms with E-state index in [4.69, 9.17) is 18.8 Å². The first-order valence-corrected chi connectivity index (χ1v) is 20.9. The van der Waals surface area contributed by atoms with Crippen LogP contribution in [0.4, 0.5) is 0 Å². The van der Waals surface area contributed by atoms with Crippen LogP contribution in [0.2, 0.25) is 39.3 Å². The molecule has 4 rings (SSSR count). The molecule has 4 fully saturated rings. The third-order valence-corrected chi connectivity index (χ3v) is 12.3. The highest BCUT2D eigenvalue weighted by Crippen LogP contribution is 2.67. The van der Waals surface area contributed by atoms with Gasteiger partial charge in [-0.2, -0.15) is 0 Å². The second-order valence-corrected chi connectivity index (χ2v) is 23.6. The Labute approximate surface area is 212 Å². The fourth-order valence-corrected chi connectivity index (χ4v) is 11.8. The van der Waals surface area contributed by atoms with Crippen molar-refractivity contribution < 1.29 is 13.7 Å². The molecule has 0 radical (unpaired) electrons. The zero-order valence-electron chi connectivity index (χ0n) is 23.9. The molecule has 4 aliphatic rings. The van der Waals surface area contributed by atoms with Gasteiger partial charge in [0.1, 0.15) is 7.11 Å². The third-order valence-electron chi connectivity index (χ3n) is 10.2. The van der Waals surface area contributed by atoms with Crippen molar-refractivity contribution in [1.29, 1.82) is 0 Å². The van der Waals surface area contributed by atoms with Crippen LogP contribution in [0.15, 0.2) is 5.16 Å². The minimum Gasteiger partial charge on any atom is -0.415 e. The topological polar surface area (TPSA) is 40.0 Å². The first-order chi connectivity index (χ1) is 15.7. The zero-order chi connectivity index (χ0) is 25.1. The molecule has 0 aromatic heterocycles. The van der Waals surface area contributed by atoms with Crippen LogP contribution in [0.5, 0.6) is 0 Å². The van der Waals surface area contributed by atoms with Crippen molar-refractivity contribution in [2.24, 2.45) is 45.6 Å². The van der Waals surface area contributed by atoms with Crippen molar-refractivity contribution in [1.82, 2.24) is 0 Å². The van der Waals surface area contributed by atoms with Crippen LogP contribution in [0.3, 0.4) is 0 Å². The van der Waals surface area contributed by atoms with Gasteiger partial charge < -0.3 is 13.7 Å². The standard InChI is InChI=1S/C28H53NO3Si2/c1-19(31-33(5,6)7)23-13-14-24-22-12-11-20-17-21(32-34(8,9)10)15-16-27(20,2)26(22)25(29-30-4)18-28(23,24)3/h19-24,26H,11-18H2,1-10H3/t19-,20+,21+,22?,23+,24?,26?,27-,28+/m0/s1. The van der Waals surface area contributed by atoms with Gasteiger partial charge in [-0.05, 0) is 132 Å². The summed E-state index contributed by atoms with van der Waals surface area (Å²) in [6, 6.07) is 0. The lowest BCUT2D eigenvalue weighted by atomic mass is 9.44. The number of rotatable bonds is 6. The van der Waals surface area contributed by atoms with Gasteiger partial charge in [-0.15, -0.1) is 0 Å². The van der Waals surface area contributed by atoms with Crippen molar-refractivity contribution in [2.45, 2.75) is 124 Å². The summed E-state index contributed by atoms with van der Waals surface area (Å²) in [5.74, 6) is 3.48. The van der Waals surface area contributed by atoms with Gasteiger partial charge in [0.15, 0.2) is 16.6 Å². The molecular weight excluding hydrogens is 454 g/mol. The highest BCUT2D eigenvalue weighted by atomic mass is 28.4. The Morgan fingerprint density at radius 3 is 2.24 bits per heavy atom. The Morgan fingerprint density at radius 2 is 1.62 bits per heavy atom. The molecular formula is C28H53NO3Si2. The molecule has 0 spiro atoms. The number of hydrogen-bond acceptors (Lipinski definition) is 4. The fourth-order valence-electron chi connectivity index (χ4n) is 9.33. The summed E-state index contributed by atoms with van der Waals surface area (Å²) in [6.45, 7) is 21.6. The zero-order valence-corrected chi connectivity index (χ0v) is 25.9. The highest BCUT2D eigenvalue weighted by Gasteiger charge is 2.63. The maximum atomic E-state index is 6.68. The number of nitrogens with zero attached hydrogens (tertiary/aromatic N) is 1. The first kappa shape index (κ1) is 26.9. The van der Waals surface area contributed by atoms with Gasteiger partial charge in [-0.1, -0.05) is 19.0 Å². The van der Waals surface area contributed by atoms with Gasteiger partial charge in [0, 0.05) is 18.1 Å². The molecule has 0 saturated heterocycles. The smallest absolute Gasteiger partial charge is 0.184 e. The van der Waals surface area contributed by atoms with Crippen LogP contribution in [0.1, 0.15) is 72.1 Å². The molecule has 9 atom stereocenters. The van der Waals surface area contributed by atoms with Crippen LogP contribution in [-0.2, 0) is 13.7 Å². The molecule has 6 heteroatoms. The van der Waals surface area contributed by atoms with Gasteiger partial charge in [0.2, 0.25) is 0 Å². The number of fused-ring (bicyclic) bond motifs is 5. The fraction of sp³-hybridized carbons (Fsp3) is 0.964. The van der Waals surface area contributed by atoms with Gasteiger partial charge in [0.25, 0.3) is 0 Å². The number of hydrogen-bond donors (Lipinski definition) is 0. The Hall–Kier alpha value is -0.176. The minimum absolute atomic E-state index is 0.277. The lowest BCUT2D eigenvalue weighted by Gasteiger charge is -2.61. The SMILES string of the molecule is CON=C1C[C@@]2(C)C(CC[C@@H]2[C@H](C)O[Si](C)(C)C)C2CC[C@@H]3C[C@H](O[Si](C)(C)C)CC[C@]3(C)C12. The molecule has 0 heterocycles. The van der Waals surface area contributed by atoms with E-state index in [2.05, 4.69) is 60.1 Å². The van der Waals surface area contributed by atoms with Crippen molar-refractivity contribution >= 4 is 22.3 Å². The second kappa shape index (κ2) is 9.29. The first-order valence-electron chi connectivity index (χ1n) is 14.1.